The Bertz CT molecular complexity index is 111. The Hall–Kier alpha value is -0.271. The van der Waals surface area contributed by atoms with E-state index in [1.807, 2.05) is 0 Å². The van der Waals surface area contributed by atoms with E-state index in [9.17, 15) is 0 Å². The predicted octanol–water partition coefficient (Wildman–Crippen LogP) is -0.224. The minimum atomic E-state index is 0.405. The van der Waals surface area contributed by atoms with Crippen molar-refractivity contribution in [1.29, 1.82) is 0 Å². The van der Waals surface area contributed by atoms with Gasteiger partial charge >= 0.3 is 42.7 Å². The maximum atomic E-state index is 4.66. The zero-order chi connectivity index (χ0) is 4.41. The summed E-state index contributed by atoms with van der Waals surface area (Å²) in [6.45, 7) is 0. The first-order valence-electron chi connectivity index (χ1n) is 1.45. The van der Waals surface area contributed by atoms with Crippen molar-refractivity contribution in [3.63, 3.8) is 0 Å². The molecule has 3 heteroatoms. The molecule has 0 aromatic heterocycles. The van der Waals surface area contributed by atoms with E-state index in [1.54, 1.807) is 12.4 Å². The second-order valence-corrected chi connectivity index (χ2v) is 1.21. The summed E-state index contributed by atoms with van der Waals surface area (Å²) in [4.78, 5) is 7.22. The van der Waals surface area contributed by atoms with Crippen molar-refractivity contribution in [2.75, 3.05) is 0 Å². The van der Waals surface area contributed by atoms with Crippen LogP contribution in [0.1, 0.15) is 0 Å². The van der Waals surface area contributed by atoms with Gasteiger partial charge in [0.25, 0.3) is 0 Å². The normalized spacial score (nSPS) is 17.3. The van der Waals surface area contributed by atoms with Crippen LogP contribution in [0, 0.1) is 0 Å². The summed E-state index contributed by atoms with van der Waals surface area (Å²) in [6, 6.07) is 0. The summed E-state index contributed by atoms with van der Waals surface area (Å²) >= 11 is 4.66. The van der Waals surface area contributed by atoms with Gasteiger partial charge < -0.3 is 0 Å². The van der Waals surface area contributed by atoms with Crippen molar-refractivity contribution in [2.45, 2.75) is 0 Å². The quantitative estimate of drug-likeness (QED) is 0.404. The van der Waals surface area contributed by atoms with Gasteiger partial charge in [0.05, 0.1) is 0 Å². The fourth-order valence-corrected chi connectivity index (χ4v) is 0.352. The Morgan fingerprint density at radius 1 is 1.33 bits per heavy atom. The van der Waals surface area contributed by atoms with E-state index in [4.69, 9.17) is 0 Å². The molecule has 1 aliphatic rings. The zero-order valence-corrected chi connectivity index (χ0v) is 3.79. The minimum absolute atomic E-state index is 0.405. The molecule has 0 bridgehead atoms. The van der Waals surface area contributed by atoms with E-state index in [2.05, 4.69) is 25.6 Å². The third-order valence-electron chi connectivity index (χ3n) is 0.409. The summed E-state index contributed by atoms with van der Waals surface area (Å²) in [5.74, 6) is 0. The van der Waals surface area contributed by atoms with Crippen LogP contribution in [-0.4, -0.2) is 17.1 Å². The second-order valence-electron chi connectivity index (χ2n) is 0.791. The SMILES string of the molecule is [Cu]=[C]1N=CC=N1. The van der Waals surface area contributed by atoms with Gasteiger partial charge in [0.1, 0.15) is 0 Å². The molecule has 0 aromatic rings. The van der Waals surface area contributed by atoms with Crippen LogP contribution in [-0.2, 0) is 15.6 Å². The van der Waals surface area contributed by atoms with E-state index in [-0.39, 0.29) is 0 Å². The van der Waals surface area contributed by atoms with Crippen LogP contribution >= 0.6 is 0 Å². The number of rotatable bonds is 0. The summed E-state index contributed by atoms with van der Waals surface area (Å²) in [5.41, 5.74) is 0. The van der Waals surface area contributed by atoms with Gasteiger partial charge in [-0.25, -0.2) is 0 Å². The van der Waals surface area contributed by atoms with Crippen LogP contribution in [0.25, 0.3) is 0 Å². The molecule has 0 radical (unpaired) electrons. The maximum absolute atomic E-state index is 4.66. The Morgan fingerprint density at radius 2 is 1.83 bits per heavy atom. The van der Waals surface area contributed by atoms with Gasteiger partial charge in [0.15, 0.2) is 0 Å². The monoisotopic (exact) mass is 129 g/mol. The molecule has 1 rings (SSSR count). The average molecular weight is 130 g/mol. The first-order valence-corrected chi connectivity index (χ1v) is 1.92. The van der Waals surface area contributed by atoms with Gasteiger partial charge in [-0.05, 0) is 0 Å². The summed E-state index contributed by atoms with van der Waals surface area (Å²) < 4.78 is 0.405. The van der Waals surface area contributed by atoms with E-state index >= 15 is 0 Å². The van der Waals surface area contributed by atoms with Crippen LogP contribution in [0.2, 0.25) is 0 Å². The standard InChI is InChI=1S/C3H2N2.Cu/c1-2-5-3-4-1;/h1-2H;. The van der Waals surface area contributed by atoms with E-state index in [0.717, 1.165) is 0 Å². The molecule has 35 valence electrons. The molecule has 0 N–H and O–H groups in total. The van der Waals surface area contributed by atoms with Crippen molar-refractivity contribution in [3.05, 3.63) is 0 Å². The van der Waals surface area contributed by atoms with Gasteiger partial charge in [-0.2, -0.15) is 0 Å². The van der Waals surface area contributed by atoms with Crippen LogP contribution in [0.5, 0.6) is 0 Å². The van der Waals surface area contributed by atoms with E-state index in [0.29, 0.717) is 4.67 Å². The third kappa shape index (κ3) is 0.614. The first-order chi connectivity index (χ1) is 2.89. The summed E-state index contributed by atoms with van der Waals surface area (Å²) in [6.07, 6.45) is 3.13. The Kier molecular flexibility index (Phi) is 0.945. The summed E-state index contributed by atoms with van der Waals surface area (Å²) in [5, 5.41) is 0. The van der Waals surface area contributed by atoms with Crippen LogP contribution < -0.4 is 0 Å². The Balaban J connectivity index is 2.86. The summed E-state index contributed by atoms with van der Waals surface area (Å²) in [7, 11) is 0. The molecule has 0 aliphatic carbocycles. The van der Waals surface area contributed by atoms with Crippen LogP contribution in [0.4, 0.5) is 0 Å². The fourth-order valence-electron chi connectivity index (χ4n) is 0.212. The molecular weight excluding hydrogens is 128 g/mol. The van der Waals surface area contributed by atoms with Gasteiger partial charge in [-0.15, -0.1) is 0 Å². The average Bonchev–Trinajstić information content (AvgIpc) is 1.86. The van der Waals surface area contributed by atoms with Crippen molar-refractivity contribution in [1.82, 2.24) is 0 Å². The van der Waals surface area contributed by atoms with Crippen molar-refractivity contribution >= 4 is 17.1 Å². The number of hydrogen-bond acceptors (Lipinski definition) is 2. The Labute approximate surface area is 43.4 Å². The molecule has 0 fully saturated rings. The fraction of sp³-hybridized carbons (Fsp3) is 0. The number of hydrogen-bond donors (Lipinski definition) is 0. The molecule has 0 unspecified atom stereocenters. The molecule has 6 heavy (non-hydrogen) atoms. The first kappa shape index (κ1) is 3.90. The van der Waals surface area contributed by atoms with Crippen molar-refractivity contribution in [2.24, 2.45) is 9.98 Å². The zero-order valence-electron chi connectivity index (χ0n) is 2.85. The van der Waals surface area contributed by atoms with Gasteiger partial charge in [-0.3, -0.25) is 0 Å². The van der Waals surface area contributed by atoms with Crippen LogP contribution in [0.3, 0.4) is 0 Å². The Morgan fingerprint density at radius 3 is 2.00 bits per heavy atom. The van der Waals surface area contributed by atoms with Gasteiger partial charge in [0, 0.05) is 0 Å². The second kappa shape index (κ2) is 1.45. The molecule has 0 saturated heterocycles. The van der Waals surface area contributed by atoms with E-state index < -0.39 is 0 Å². The van der Waals surface area contributed by atoms with Crippen LogP contribution in [0.15, 0.2) is 9.98 Å². The molecule has 0 spiro atoms. The molecule has 0 amide bonds. The topological polar surface area (TPSA) is 24.7 Å². The number of aliphatic imine (C=N–C) groups is 2. The predicted molar refractivity (Wildman–Crippen MR) is 22.0 cm³/mol. The van der Waals surface area contributed by atoms with E-state index in [1.165, 1.54) is 0 Å². The molecule has 0 aromatic carbocycles. The van der Waals surface area contributed by atoms with Crippen molar-refractivity contribution in [3.8, 4) is 0 Å². The molecular formula is C3H2CuN2. The van der Waals surface area contributed by atoms with Gasteiger partial charge in [-0.1, -0.05) is 0 Å². The molecule has 0 atom stereocenters. The molecule has 1 heterocycles. The van der Waals surface area contributed by atoms with Gasteiger partial charge in [0.2, 0.25) is 0 Å². The molecule has 1 aliphatic heterocycles. The van der Waals surface area contributed by atoms with Crippen molar-refractivity contribution < 1.29 is 15.6 Å². The molecule has 2 nitrogen and oxygen atoms in total. The number of nitrogens with zero attached hydrogens (tertiary/aromatic N) is 2. The molecule has 0 saturated carbocycles. The third-order valence-corrected chi connectivity index (χ3v) is 0.652.